The van der Waals surface area contributed by atoms with Crippen molar-refractivity contribution in [2.45, 2.75) is 57.6 Å². The maximum atomic E-state index is 13.3. The smallest absolute Gasteiger partial charge is 0.312 e. The van der Waals surface area contributed by atoms with Crippen molar-refractivity contribution >= 4 is 12.0 Å². The van der Waals surface area contributed by atoms with E-state index < -0.39 is 12.2 Å². The first kappa shape index (κ1) is 18.5. The molecule has 3 heterocycles. The number of imidazole rings is 1. The number of aliphatic hydroxyl groups excluding tert-OH is 1. The van der Waals surface area contributed by atoms with E-state index in [0.29, 0.717) is 37.7 Å². The van der Waals surface area contributed by atoms with Crippen molar-refractivity contribution in [1.82, 2.24) is 14.6 Å². The molecule has 1 aromatic rings. The molecule has 1 aromatic heterocycles. The molecule has 2 aliphatic heterocycles. The molecule has 1 atom stereocenters. The van der Waals surface area contributed by atoms with E-state index in [2.05, 4.69) is 15.0 Å². The highest BCUT2D eigenvalue weighted by Gasteiger charge is 2.37. The molecule has 2 fully saturated rings. The minimum Gasteiger partial charge on any atom is -0.464 e. The average Bonchev–Trinajstić information content (AvgIpc) is 3.30. The van der Waals surface area contributed by atoms with Gasteiger partial charge in [-0.2, -0.15) is 4.68 Å². The lowest BCUT2D eigenvalue weighted by Crippen LogP contribution is -2.42. The molecular formula is C18H27F2N5O2. The van der Waals surface area contributed by atoms with Crippen molar-refractivity contribution in [3.05, 3.63) is 11.9 Å². The van der Waals surface area contributed by atoms with Gasteiger partial charge in [-0.1, -0.05) is 0 Å². The van der Waals surface area contributed by atoms with Crippen LogP contribution in [0, 0.1) is 5.92 Å². The first-order valence-corrected chi connectivity index (χ1v) is 9.85. The fraction of sp³-hybridized carbons (Fsp3) is 0.778. The number of ether oxygens (including phenoxy) is 1. The first-order valence-electron chi connectivity index (χ1n) is 9.85. The molecule has 1 unspecified atom stereocenters. The minimum atomic E-state index is -2.54. The zero-order chi connectivity index (χ0) is 19.0. The number of fused-ring (bicyclic) bond motifs is 1. The molecule has 0 aromatic carbocycles. The van der Waals surface area contributed by atoms with Crippen LogP contribution in [0.25, 0.3) is 0 Å². The van der Waals surface area contributed by atoms with Gasteiger partial charge in [0.05, 0.1) is 12.8 Å². The predicted molar refractivity (Wildman–Crippen MR) is 96.7 cm³/mol. The SMILES string of the molecule is CCN1C(OCC2CCC(F)(F)CC2)=Nn2c(cnc2N2CCCC2)C1O. The van der Waals surface area contributed by atoms with Gasteiger partial charge in [-0.3, -0.25) is 4.90 Å². The minimum absolute atomic E-state index is 0.0849. The van der Waals surface area contributed by atoms with Crippen LogP contribution < -0.4 is 4.90 Å². The highest BCUT2D eigenvalue weighted by molar-refractivity contribution is 5.75. The number of aliphatic hydroxyl groups is 1. The summed E-state index contributed by atoms with van der Waals surface area (Å²) >= 11 is 0. The molecule has 1 saturated carbocycles. The Morgan fingerprint density at radius 2 is 1.96 bits per heavy atom. The van der Waals surface area contributed by atoms with Crippen LogP contribution in [-0.4, -0.2) is 57.9 Å². The highest BCUT2D eigenvalue weighted by atomic mass is 19.3. The highest BCUT2D eigenvalue weighted by Crippen LogP contribution is 2.36. The summed E-state index contributed by atoms with van der Waals surface area (Å²) in [5.74, 6) is -1.73. The molecule has 1 saturated heterocycles. The van der Waals surface area contributed by atoms with Crippen LogP contribution in [0.1, 0.15) is 57.4 Å². The molecule has 0 amide bonds. The van der Waals surface area contributed by atoms with Crippen molar-refractivity contribution in [2.24, 2.45) is 11.0 Å². The lowest BCUT2D eigenvalue weighted by molar-refractivity contribution is -0.0523. The van der Waals surface area contributed by atoms with Gasteiger partial charge in [0.15, 0.2) is 6.23 Å². The Morgan fingerprint density at radius 3 is 2.63 bits per heavy atom. The average molecular weight is 383 g/mol. The van der Waals surface area contributed by atoms with E-state index in [0.717, 1.165) is 31.9 Å². The molecule has 1 N–H and O–H groups in total. The zero-order valence-corrected chi connectivity index (χ0v) is 15.7. The van der Waals surface area contributed by atoms with Crippen LogP contribution >= 0.6 is 0 Å². The number of hydrogen-bond acceptors (Lipinski definition) is 6. The summed E-state index contributed by atoms with van der Waals surface area (Å²) in [4.78, 5) is 8.28. The summed E-state index contributed by atoms with van der Waals surface area (Å²) in [6.45, 7) is 4.61. The molecule has 150 valence electrons. The number of amidine groups is 1. The zero-order valence-electron chi connectivity index (χ0n) is 15.7. The fourth-order valence-corrected chi connectivity index (χ4v) is 4.05. The van der Waals surface area contributed by atoms with Crippen LogP contribution in [0.15, 0.2) is 11.3 Å². The van der Waals surface area contributed by atoms with Crippen LogP contribution in [0.3, 0.4) is 0 Å². The van der Waals surface area contributed by atoms with Crippen molar-refractivity contribution in [1.29, 1.82) is 0 Å². The Balaban J connectivity index is 1.51. The van der Waals surface area contributed by atoms with Crippen molar-refractivity contribution in [3.63, 3.8) is 0 Å². The molecule has 3 aliphatic rings. The number of aromatic nitrogens is 2. The summed E-state index contributed by atoms with van der Waals surface area (Å²) in [6.07, 6.45) is 3.73. The van der Waals surface area contributed by atoms with Gasteiger partial charge in [0.1, 0.15) is 5.69 Å². The van der Waals surface area contributed by atoms with E-state index >= 15 is 0 Å². The number of halogens is 2. The van der Waals surface area contributed by atoms with E-state index in [9.17, 15) is 13.9 Å². The summed E-state index contributed by atoms with van der Waals surface area (Å²) in [7, 11) is 0. The maximum Gasteiger partial charge on any atom is 0.312 e. The maximum absolute atomic E-state index is 13.3. The molecular weight excluding hydrogens is 356 g/mol. The number of nitrogens with zero attached hydrogens (tertiary/aromatic N) is 5. The molecule has 7 nitrogen and oxygen atoms in total. The van der Waals surface area contributed by atoms with Gasteiger partial charge in [-0.05, 0) is 38.5 Å². The molecule has 0 bridgehead atoms. The van der Waals surface area contributed by atoms with E-state index in [1.54, 1.807) is 15.8 Å². The molecule has 4 rings (SSSR count). The third kappa shape index (κ3) is 3.61. The summed E-state index contributed by atoms with van der Waals surface area (Å²) in [6, 6.07) is 0.327. The van der Waals surface area contributed by atoms with E-state index in [1.807, 2.05) is 6.92 Å². The number of anilines is 1. The molecule has 0 radical (unpaired) electrons. The first-order chi connectivity index (χ1) is 13.0. The monoisotopic (exact) mass is 383 g/mol. The number of alkyl halides is 2. The van der Waals surface area contributed by atoms with Crippen molar-refractivity contribution < 1.29 is 18.6 Å². The second kappa shape index (κ2) is 7.26. The number of rotatable bonds is 4. The second-order valence-electron chi connectivity index (χ2n) is 7.64. The lowest BCUT2D eigenvalue weighted by Gasteiger charge is -2.34. The van der Waals surface area contributed by atoms with Gasteiger partial charge in [-0.25, -0.2) is 13.8 Å². The van der Waals surface area contributed by atoms with Gasteiger partial charge in [0.25, 0.3) is 0 Å². The van der Waals surface area contributed by atoms with Gasteiger partial charge in [-0.15, -0.1) is 5.10 Å². The Morgan fingerprint density at radius 1 is 1.26 bits per heavy atom. The van der Waals surface area contributed by atoms with Crippen LogP contribution in [0.4, 0.5) is 14.7 Å². The Kier molecular flexibility index (Phi) is 4.96. The third-order valence-electron chi connectivity index (χ3n) is 5.75. The molecule has 27 heavy (non-hydrogen) atoms. The van der Waals surface area contributed by atoms with Crippen molar-refractivity contribution in [3.8, 4) is 0 Å². The van der Waals surface area contributed by atoms with Crippen molar-refractivity contribution in [2.75, 3.05) is 31.1 Å². The fourth-order valence-electron chi connectivity index (χ4n) is 4.05. The standard InChI is InChI=1S/C18H27F2N5O2/c1-2-24-15(26)14-11-21-16(23-9-3-4-10-23)25(14)22-17(24)27-12-13-5-7-18(19,20)8-6-13/h11,13,15,26H,2-10,12H2,1H3. The van der Waals surface area contributed by atoms with E-state index in [4.69, 9.17) is 4.74 Å². The lowest BCUT2D eigenvalue weighted by atomic mass is 9.87. The van der Waals surface area contributed by atoms with Gasteiger partial charge in [0.2, 0.25) is 11.9 Å². The van der Waals surface area contributed by atoms with Crippen LogP contribution in [0.2, 0.25) is 0 Å². The summed E-state index contributed by atoms with van der Waals surface area (Å²) < 4.78 is 34.3. The Hall–Kier alpha value is -1.90. The predicted octanol–water partition coefficient (Wildman–Crippen LogP) is 2.77. The summed E-state index contributed by atoms with van der Waals surface area (Å²) in [5, 5.41) is 15.3. The van der Waals surface area contributed by atoms with Crippen LogP contribution in [-0.2, 0) is 4.74 Å². The second-order valence-corrected chi connectivity index (χ2v) is 7.64. The van der Waals surface area contributed by atoms with E-state index in [1.165, 1.54) is 0 Å². The largest absolute Gasteiger partial charge is 0.464 e. The van der Waals surface area contributed by atoms with Gasteiger partial charge in [0, 0.05) is 32.5 Å². The summed E-state index contributed by atoms with van der Waals surface area (Å²) in [5.41, 5.74) is 0.614. The number of hydrogen-bond donors (Lipinski definition) is 1. The molecule has 0 spiro atoms. The van der Waals surface area contributed by atoms with E-state index in [-0.39, 0.29) is 18.8 Å². The topological polar surface area (TPSA) is 66.1 Å². The quantitative estimate of drug-likeness (QED) is 0.866. The van der Waals surface area contributed by atoms with Crippen LogP contribution in [0.5, 0.6) is 0 Å². The third-order valence-corrected chi connectivity index (χ3v) is 5.75. The Bertz CT molecular complexity index is 692. The van der Waals surface area contributed by atoms with Gasteiger partial charge >= 0.3 is 6.02 Å². The normalized spacial score (nSPS) is 25.5. The molecule has 1 aliphatic carbocycles. The van der Waals surface area contributed by atoms with Gasteiger partial charge < -0.3 is 14.7 Å². The molecule has 9 heteroatoms. The Labute approximate surface area is 157 Å².